The zero-order valence-electron chi connectivity index (χ0n) is 10.9. The van der Waals surface area contributed by atoms with Crippen LogP contribution in [0.5, 0.6) is 5.88 Å². The molecule has 6 nitrogen and oxygen atoms in total. The Bertz CT molecular complexity index is 508. The number of aromatic nitrogens is 1. The van der Waals surface area contributed by atoms with Crippen molar-refractivity contribution in [3.05, 3.63) is 18.3 Å². The van der Waals surface area contributed by atoms with Crippen molar-refractivity contribution in [1.82, 2.24) is 9.71 Å². The van der Waals surface area contributed by atoms with Crippen LogP contribution in [0.4, 0.5) is 0 Å². The predicted octanol–water partition coefficient (Wildman–Crippen LogP) is 0.638. The first-order chi connectivity index (χ1) is 9.01. The molecular weight excluding hydrogens is 266 g/mol. The van der Waals surface area contributed by atoms with E-state index in [2.05, 4.69) is 9.71 Å². The monoisotopic (exact) mass is 285 g/mol. The van der Waals surface area contributed by atoms with E-state index in [0.29, 0.717) is 5.88 Å². The molecule has 0 aliphatic heterocycles. The fourth-order valence-corrected chi connectivity index (χ4v) is 3.42. The van der Waals surface area contributed by atoms with Crippen molar-refractivity contribution in [3.8, 4) is 5.88 Å². The first-order valence-electron chi connectivity index (χ1n) is 6.29. The summed E-state index contributed by atoms with van der Waals surface area (Å²) >= 11 is 0. The summed E-state index contributed by atoms with van der Waals surface area (Å²) < 4.78 is 31.9. The van der Waals surface area contributed by atoms with E-state index in [-0.39, 0.29) is 17.0 Å². The number of hydrogen-bond acceptors (Lipinski definition) is 5. The summed E-state index contributed by atoms with van der Waals surface area (Å²) in [5, 5.41) is 0. The molecule has 0 atom stereocenters. The van der Waals surface area contributed by atoms with Crippen LogP contribution in [0, 0.1) is 0 Å². The largest absolute Gasteiger partial charge is 0.481 e. The average Bonchev–Trinajstić information content (AvgIpc) is 2.41. The molecule has 1 fully saturated rings. The molecule has 0 radical (unpaired) electrons. The minimum atomic E-state index is -3.51. The maximum Gasteiger partial charge on any atom is 0.242 e. The van der Waals surface area contributed by atoms with Crippen molar-refractivity contribution >= 4 is 10.0 Å². The van der Waals surface area contributed by atoms with E-state index in [4.69, 9.17) is 10.5 Å². The third-order valence-electron chi connectivity index (χ3n) is 3.32. The van der Waals surface area contributed by atoms with Crippen LogP contribution in [0.25, 0.3) is 0 Å². The molecule has 0 spiro atoms. The molecule has 0 aromatic carbocycles. The summed E-state index contributed by atoms with van der Waals surface area (Å²) in [5.74, 6) is 0.391. The highest BCUT2D eigenvalue weighted by molar-refractivity contribution is 7.89. The maximum atomic E-state index is 12.2. The number of rotatable bonds is 4. The molecule has 0 amide bonds. The lowest BCUT2D eigenvalue weighted by Crippen LogP contribution is -2.40. The van der Waals surface area contributed by atoms with Crippen LogP contribution in [-0.2, 0) is 10.0 Å². The van der Waals surface area contributed by atoms with Crippen LogP contribution in [-0.4, -0.2) is 32.6 Å². The summed E-state index contributed by atoms with van der Waals surface area (Å²) in [4.78, 5) is 4.06. The molecular formula is C12H19N3O3S. The number of methoxy groups -OCH3 is 1. The molecule has 106 valence electrons. The van der Waals surface area contributed by atoms with Gasteiger partial charge in [0.05, 0.1) is 13.3 Å². The second-order valence-electron chi connectivity index (χ2n) is 4.77. The molecule has 0 bridgehead atoms. The smallest absolute Gasteiger partial charge is 0.242 e. The van der Waals surface area contributed by atoms with Gasteiger partial charge < -0.3 is 10.5 Å². The highest BCUT2D eigenvalue weighted by Gasteiger charge is 2.24. The highest BCUT2D eigenvalue weighted by atomic mass is 32.2. The Labute approximate surface area is 113 Å². The first kappa shape index (κ1) is 14.2. The van der Waals surface area contributed by atoms with E-state index in [1.165, 1.54) is 25.4 Å². The third-order valence-corrected chi connectivity index (χ3v) is 4.83. The molecule has 2 rings (SSSR count). The summed E-state index contributed by atoms with van der Waals surface area (Å²) in [6, 6.07) is 3.18. The number of sulfonamides is 1. The summed E-state index contributed by atoms with van der Waals surface area (Å²) in [7, 11) is -2.03. The number of nitrogens with two attached hydrogens (primary N) is 1. The number of pyridine rings is 1. The Morgan fingerprint density at radius 1 is 1.32 bits per heavy atom. The summed E-state index contributed by atoms with van der Waals surface area (Å²) in [5.41, 5.74) is 5.80. The van der Waals surface area contributed by atoms with Crippen LogP contribution < -0.4 is 15.2 Å². The SMILES string of the molecule is COc1ccc(S(=O)(=O)NC2CCC(N)CC2)cn1. The Balaban J connectivity index is 2.05. The van der Waals surface area contributed by atoms with Gasteiger partial charge in [0.1, 0.15) is 4.90 Å². The number of hydrogen-bond donors (Lipinski definition) is 2. The Hall–Kier alpha value is -1.18. The highest BCUT2D eigenvalue weighted by Crippen LogP contribution is 2.19. The molecule has 1 heterocycles. The average molecular weight is 285 g/mol. The fourth-order valence-electron chi connectivity index (χ4n) is 2.17. The van der Waals surface area contributed by atoms with Crippen LogP contribution in [0.15, 0.2) is 23.2 Å². The molecule has 1 saturated carbocycles. The molecule has 7 heteroatoms. The number of nitrogens with one attached hydrogen (secondary N) is 1. The molecule has 1 aromatic rings. The van der Waals surface area contributed by atoms with E-state index in [1.54, 1.807) is 0 Å². The normalized spacial score (nSPS) is 24.1. The van der Waals surface area contributed by atoms with E-state index in [9.17, 15) is 8.42 Å². The van der Waals surface area contributed by atoms with Crippen molar-refractivity contribution in [1.29, 1.82) is 0 Å². The van der Waals surface area contributed by atoms with Crippen LogP contribution in [0.3, 0.4) is 0 Å². The molecule has 0 saturated heterocycles. The van der Waals surface area contributed by atoms with E-state index in [1.807, 2.05) is 0 Å². The quantitative estimate of drug-likeness (QED) is 0.846. The first-order valence-corrected chi connectivity index (χ1v) is 7.77. The molecule has 1 aliphatic rings. The van der Waals surface area contributed by atoms with Gasteiger partial charge in [-0.05, 0) is 31.7 Å². The van der Waals surface area contributed by atoms with Gasteiger partial charge >= 0.3 is 0 Å². The lowest BCUT2D eigenvalue weighted by molar-refractivity contribution is 0.373. The molecule has 19 heavy (non-hydrogen) atoms. The van der Waals surface area contributed by atoms with Gasteiger partial charge in [-0.1, -0.05) is 0 Å². The molecule has 0 unspecified atom stereocenters. The van der Waals surface area contributed by atoms with Crippen molar-refractivity contribution in [2.45, 2.75) is 42.7 Å². The van der Waals surface area contributed by atoms with Gasteiger partial charge in [-0.15, -0.1) is 0 Å². The van der Waals surface area contributed by atoms with Gasteiger partial charge in [0.15, 0.2) is 0 Å². The van der Waals surface area contributed by atoms with Crippen molar-refractivity contribution in [2.75, 3.05) is 7.11 Å². The van der Waals surface area contributed by atoms with Gasteiger partial charge in [0, 0.05) is 18.2 Å². The van der Waals surface area contributed by atoms with Crippen LogP contribution >= 0.6 is 0 Å². The van der Waals surface area contributed by atoms with E-state index in [0.717, 1.165) is 25.7 Å². The van der Waals surface area contributed by atoms with Gasteiger partial charge in [-0.25, -0.2) is 18.1 Å². The van der Waals surface area contributed by atoms with Gasteiger partial charge in [0.2, 0.25) is 15.9 Å². The van der Waals surface area contributed by atoms with Crippen LogP contribution in [0.2, 0.25) is 0 Å². The topological polar surface area (TPSA) is 94.3 Å². The van der Waals surface area contributed by atoms with E-state index < -0.39 is 10.0 Å². The number of ether oxygens (including phenoxy) is 1. The van der Waals surface area contributed by atoms with Crippen LogP contribution in [0.1, 0.15) is 25.7 Å². The third kappa shape index (κ3) is 3.65. The minimum Gasteiger partial charge on any atom is -0.481 e. The second-order valence-corrected chi connectivity index (χ2v) is 6.48. The van der Waals surface area contributed by atoms with Crippen molar-refractivity contribution < 1.29 is 13.2 Å². The van der Waals surface area contributed by atoms with Gasteiger partial charge in [-0.2, -0.15) is 0 Å². The zero-order chi connectivity index (χ0) is 13.9. The summed E-state index contributed by atoms with van der Waals surface area (Å²) in [6.07, 6.45) is 4.58. The molecule has 1 aliphatic carbocycles. The predicted molar refractivity (Wildman–Crippen MR) is 71.3 cm³/mol. The Kier molecular flexibility index (Phi) is 4.38. The zero-order valence-corrected chi connectivity index (χ0v) is 11.7. The van der Waals surface area contributed by atoms with Crippen molar-refractivity contribution in [3.63, 3.8) is 0 Å². The molecule has 1 aromatic heterocycles. The van der Waals surface area contributed by atoms with Crippen molar-refractivity contribution in [2.24, 2.45) is 5.73 Å². The van der Waals surface area contributed by atoms with Gasteiger partial charge in [0.25, 0.3) is 0 Å². The maximum absolute atomic E-state index is 12.2. The standard InChI is InChI=1S/C12H19N3O3S/c1-18-12-7-6-11(8-14-12)19(16,17)15-10-4-2-9(13)3-5-10/h6-10,15H,2-5,13H2,1H3. The Morgan fingerprint density at radius 2 is 2.00 bits per heavy atom. The lowest BCUT2D eigenvalue weighted by Gasteiger charge is -2.26. The van der Waals surface area contributed by atoms with E-state index >= 15 is 0 Å². The second kappa shape index (κ2) is 5.85. The molecule has 3 N–H and O–H groups in total. The number of nitrogens with zero attached hydrogens (tertiary/aromatic N) is 1. The Morgan fingerprint density at radius 3 is 2.53 bits per heavy atom. The minimum absolute atomic E-state index is 0.0353. The van der Waals surface area contributed by atoms with Gasteiger partial charge in [-0.3, -0.25) is 0 Å². The summed E-state index contributed by atoms with van der Waals surface area (Å²) in [6.45, 7) is 0. The fraction of sp³-hybridized carbons (Fsp3) is 0.583. The lowest BCUT2D eigenvalue weighted by atomic mass is 9.93.